The molecule has 0 spiro atoms. The molecular weight excluding hydrogens is 298 g/mol. The van der Waals surface area contributed by atoms with Gasteiger partial charge in [-0.3, -0.25) is 0 Å². The normalized spacial score (nSPS) is 12.3. The molecule has 0 saturated heterocycles. The number of hydrogen-bond acceptors (Lipinski definition) is 4. The summed E-state index contributed by atoms with van der Waals surface area (Å²) in [7, 11) is 0. The first-order chi connectivity index (χ1) is 10.1. The molecule has 0 aliphatic carbocycles. The van der Waals surface area contributed by atoms with Gasteiger partial charge in [-0.1, -0.05) is 37.3 Å². The zero-order chi connectivity index (χ0) is 15.2. The van der Waals surface area contributed by atoms with Gasteiger partial charge in [0.15, 0.2) is 0 Å². The van der Waals surface area contributed by atoms with E-state index in [1.165, 1.54) is 0 Å². The third-order valence-corrected chi connectivity index (χ3v) is 4.42. The molecule has 1 heterocycles. The summed E-state index contributed by atoms with van der Waals surface area (Å²) in [4.78, 5) is 5.06. The Labute approximate surface area is 135 Å². The Hall–Kier alpha value is -1.33. The molecule has 0 saturated carbocycles. The molecule has 1 atom stereocenters. The topological polar surface area (TPSA) is 50.9 Å². The van der Waals surface area contributed by atoms with Gasteiger partial charge in [0.25, 0.3) is 0 Å². The van der Waals surface area contributed by atoms with E-state index in [1.807, 2.05) is 42.1 Å². The highest BCUT2D eigenvalue weighted by molar-refractivity contribution is 7.99. The van der Waals surface area contributed by atoms with E-state index in [-0.39, 0.29) is 0 Å². The molecule has 5 heteroatoms. The number of fused-ring (bicyclic) bond motifs is 1. The van der Waals surface area contributed by atoms with Crippen LogP contribution in [0.25, 0.3) is 10.9 Å². The number of rotatable bonds is 7. The second-order valence-electron chi connectivity index (χ2n) is 4.97. The molecule has 0 aliphatic heterocycles. The molecule has 2 rings (SSSR count). The first-order valence-corrected chi connectivity index (χ1v) is 8.72. The number of nitrogens with zero attached hydrogens (tertiary/aromatic N) is 1. The van der Waals surface area contributed by atoms with Crippen molar-refractivity contribution in [2.45, 2.75) is 26.3 Å². The lowest BCUT2D eigenvalue weighted by atomic mass is 10.1. The Bertz CT molecular complexity index is 628. The molecule has 0 bridgehead atoms. The lowest BCUT2D eigenvalue weighted by molar-refractivity contribution is 0.767. The smallest absolute Gasteiger partial charge is 0.137 e. The monoisotopic (exact) mass is 319 g/mol. The minimum Gasteiger partial charge on any atom is -0.389 e. The summed E-state index contributed by atoms with van der Waals surface area (Å²) < 4.78 is 0. The summed E-state index contributed by atoms with van der Waals surface area (Å²) in [5.41, 5.74) is 7.62. The fourth-order valence-electron chi connectivity index (χ4n) is 2.12. The molecule has 1 aromatic heterocycles. The average Bonchev–Trinajstić information content (AvgIpc) is 2.46. The predicted molar refractivity (Wildman–Crippen MR) is 98.3 cm³/mol. The van der Waals surface area contributed by atoms with E-state index >= 15 is 0 Å². The summed E-state index contributed by atoms with van der Waals surface area (Å²) in [6.07, 6.45) is 1.09. The van der Waals surface area contributed by atoms with Crippen LogP contribution in [0, 0.1) is 0 Å². The number of pyridine rings is 1. The van der Waals surface area contributed by atoms with Crippen LogP contribution < -0.4 is 11.1 Å². The second-order valence-corrected chi connectivity index (χ2v) is 6.81. The molecular formula is C16H21N3S2. The Kier molecular flexibility index (Phi) is 5.82. The van der Waals surface area contributed by atoms with Gasteiger partial charge in [-0.05, 0) is 37.0 Å². The zero-order valence-electron chi connectivity index (χ0n) is 12.4. The Morgan fingerprint density at radius 1 is 1.43 bits per heavy atom. The van der Waals surface area contributed by atoms with Crippen LogP contribution in [0.3, 0.4) is 0 Å². The van der Waals surface area contributed by atoms with Crippen molar-refractivity contribution in [1.82, 2.24) is 4.98 Å². The largest absolute Gasteiger partial charge is 0.389 e. The van der Waals surface area contributed by atoms with Gasteiger partial charge < -0.3 is 11.1 Å². The first kappa shape index (κ1) is 16.0. The molecule has 2 aromatic rings. The van der Waals surface area contributed by atoms with E-state index in [9.17, 15) is 0 Å². The lowest BCUT2D eigenvalue weighted by Crippen LogP contribution is -2.21. The van der Waals surface area contributed by atoms with Crippen molar-refractivity contribution in [3.05, 3.63) is 35.9 Å². The van der Waals surface area contributed by atoms with Crippen LogP contribution in [0.2, 0.25) is 0 Å². The fourth-order valence-corrected chi connectivity index (χ4v) is 3.09. The summed E-state index contributed by atoms with van der Waals surface area (Å²) in [5.74, 6) is 3.08. The van der Waals surface area contributed by atoms with E-state index in [2.05, 4.69) is 24.1 Å². The van der Waals surface area contributed by atoms with Gasteiger partial charge in [0, 0.05) is 11.4 Å². The second kappa shape index (κ2) is 7.61. The first-order valence-electron chi connectivity index (χ1n) is 7.15. The Morgan fingerprint density at radius 2 is 2.19 bits per heavy atom. The number of thiocarbonyl (C=S) groups is 1. The lowest BCUT2D eigenvalue weighted by Gasteiger charge is -2.17. The molecule has 3 nitrogen and oxygen atoms in total. The number of hydrogen-bond donors (Lipinski definition) is 2. The Morgan fingerprint density at radius 3 is 2.90 bits per heavy atom. The predicted octanol–water partition coefficient (Wildman–Crippen LogP) is 3.81. The molecule has 0 fully saturated rings. The summed E-state index contributed by atoms with van der Waals surface area (Å²) in [6.45, 7) is 4.34. The van der Waals surface area contributed by atoms with E-state index < -0.39 is 0 Å². The van der Waals surface area contributed by atoms with Crippen molar-refractivity contribution in [2.75, 3.05) is 16.8 Å². The number of para-hydroxylation sites is 1. The maximum Gasteiger partial charge on any atom is 0.137 e. The highest BCUT2D eigenvalue weighted by Gasteiger charge is 2.11. The van der Waals surface area contributed by atoms with Crippen LogP contribution in [0.4, 0.5) is 5.82 Å². The minimum atomic E-state index is 0.339. The van der Waals surface area contributed by atoms with E-state index in [0.717, 1.165) is 40.2 Å². The van der Waals surface area contributed by atoms with Gasteiger partial charge >= 0.3 is 0 Å². The van der Waals surface area contributed by atoms with Gasteiger partial charge in [0.2, 0.25) is 0 Å². The van der Waals surface area contributed by atoms with Crippen molar-refractivity contribution >= 4 is 45.7 Å². The number of aromatic nitrogens is 1. The van der Waals surface area contributed by atoms with Gasteiger partial charge in [-0.15, -0.1) is 0 Å². The molecule has 0 radical (unpaired) electrons. The fraction of sp³-hybridized carbons (Fsp3) is 0.375. The van der Waals surface area contributed by atoms with Crippen LogP contribution >= 0.6 is 24.0 Å². The van der Waals surface area contributed by atoms with E-state index in [0.29, 0.717) is 11.0 Å². The molecule has 1 aromatic carbocycles. The highest BCUT2D eigenvalue weighted by Crippen LogP contribution is 2.21. The molecule has 112 valence electrons. The number of benzene rings is 1. The van der Waals surface area contributed by atoms with Crippen molar-refractivity contribution in [3.63, 3.8) is 0 Å². The van der Waals surface area contributed by atoms with Crippen LogP contribution in [0.1, 0.15) is 25.8 Å². The summed E-state index contributed by atoms with van der Waals surface area (Å²) >= 11 is 7.11. The standard InChI is InChI=1S/C16H21N3S2/c1-3-21-9-8-11(2)18-16-13(15(17)20)10-12-6-4-5-7-14(12)19-16/h4-7,10-11H,3,8-9H2,1-2H3,(H2,17,20)(H,18,19). The van der Waals surface area contributed by atoms with E-state index in [4.69, 9.17) is 18.0 Å². The van der Waals surface area contributed by atoms with Gasteiger partial charge in [0.1, 0.15) is 10.8 Å². The third kappa shape index (κ3) is 4.32. The van der Waals surface area contributed by atoms with Gasteiger partial charge in [-0.25, -0.2) is 4.98 Å². The van der Waals surface area contributed by atoms with Crippen LogP contribution in [-0.2, 0) is 0 Å². The van der Waals surface area contributed by atoms with Crippen molar-refractivity contribution in [3.8, 4) is 0 Å². The quantitative estimate of drug-likeness (QED) is 0.600. The van der Waals surface area contributed by atoms with Crippen LogP contribution in [-0.4, -0.2) is 27.5 Å². The maximum absolute atomic E-state index is 5.85. The Balaban J connectivity index is 2.24. The van der Waals surface area contributed by atoms with Crippen molar-refractivity contribution in [1.29, 1.82) is 0 Å². The maximum atomic E-state index is 5.85. The molecule has 0 aliphatic rings. The number of anilines is 1. The molecule has 3 N–H and O–H groups in total. The van der Waals surface area contributed by atoms with Gasteiger partial charge in [0.05, 0.1) is 11.1 Å². The molecule has 1 unspecified atom stereocenters. The van der Waals surface area contributed by atoms with Crippen LogP contribution in [0.15, 0.2) is 30.3 Å². The van der Waals surface area contributed by atoms with Crippen molar-refractivity contribution < 1.29 is 0 Å². The molecule has 21 heavy (non-hydrogen) atoms. The zero-order valence-corrected chi connectivity index (χ0v) is 14.1. The molecule has 0 amide bonds. The number of nitrogens with one attached hydrogen (secondary N) is 1. The summed E-state index contributed by atoms with van der Waals surface area (Å²) in [6, 6.07) is 10.4. The van der Waals surface area contributed by atoms with E-state index in [1.54, 1.807) is 0 Å². The highest BCUT2D eigenvalue weighted by atomic mass is 32.2. The van der Waals surface area contributed by atoms with Gasteiger partial charge in [-0.2, -0.15) is 11.8 Å². The third-order valence-electron chi connectivity index (χ3n) is 3.27. The minimum absolute atomic E-state index is 0.339. The SMILES string of the molecule is CCSCCC(C)Nc1nc2ccccc2cc1C(N)=S. The van der Waals surface area contributed by atoms with Crippen LogP contribution in [0.5, 0.6) is 0 Å². The average molecular weight is 319 g/mol. The number of nitrogens with two attached hydrogens (primary N) is 1. The number of thioether (sulfide) groups is 1. The van der Waals surface area contributed by atoms with Crippen molar-refractivity contribution in [2.24, 2.45) is 5.73 Å². The summed E-state index contributed by atoms with van der Waals surface area (Å²) in [5, 5.41) is 4.51.